The summed E-state index contributed by atoms with van der Waals surface area (Å²) < 4.78 is 59.1. The highest BCUT2D eigenvalue weighted by Crippen LogP contribution is 2.37. The van der Waals surface area contributed by atoms with Gasteiger partial charge >= 0.3 is 5.69 Å². The fourth-order valence-electron chi connectivity index (χ4n) is 4.85. The molecule has 0 saturated carbocycles. The Kier molecular flexibility index (Phi) is 6.61. The number of halogens is 2. The van der Waals surface area contributed by atoms with Crippen molar-refractivity contribution in [1.82, 2.24) is 9.13 Å². The highest BCUT2D eigenvalue weighted by atomic mass is 32.2. The number of Topliss-reactive ketones (excluding diaryl/α,β-unsaturated/α-hetero) is 1. The van der Waals surface area contributed by atoms with Crippen molar-refractivity contribution in [3.63, 3.8) is 0 Å². The lowest BCUT2D eigenvalue weighted by atomic mass is 9.86. The van der Waals surface area contributed by atoms with Gasteiger partial charge in [-0.05, 0) is 51.1 Å². The topological polar surface area (TPSA) is 108 Å². The molecule has 200 valence electrons. The molecule has 2 aromatic carbocycles. The zero-order valence-corrected chi connectivity index (χ0v) is 22.1. The minimum atomic E-state index is -3.13. The van der Waals surface area contributed by atoms with Crippen LogP contribution in [0, 0.1) is 11.2 Å². The van der Waals surface area contributed by atoms with Crippen LogP contribution in [-0.4, -0.2) is 51.9 Å². The molecule has 8 nitrogen and oxygen atoms in total. The molecule has 1 N–H and O–H groups in total. The Balaban J connectivity index is 1.88. The van der Waals surface area contributed by atoms with Crippen LogP contribution >= 0.6 is 0 Å². The number of benzene rings is 2. The van der Waals surface area contributed by atoms with Crippen LogP contribution in [0.2, 0.25) is 0 Å². The predicted molar refractivity (Wildman–Crippen MR) is 135 cm³/mol. The van der Waals surface area contributed by atoms with Gasteiger partial charge in [0.1, 0.15) is 11.6 Å². The van der Waals surface area contributed by atoms with Gasteiger partial charge in [0.25, 0.3) is 0 Å². The number of imidazole rings is 1. The number of fused-ring (bicyclic) bond motifs is 1. The molecule has 11 heteroatoms. The predicted octanol–water partition coefficient (Wildman–Crippen LogP) is 3.97. The van der Waals surface area contributed by atoms with E-state index in [0.717, 1.165) is 10.6 Å². The van der Waals surface area contributed by atoms with Crippen molar-refractivity contribution < 1.29 is 31.8 Å². The first-order valence-electron chi connectivity index (χ1n) is 11.8. The summed E-state index contributed by atoms with van der Waals surface area (Å²) in [5.41, 5.74) is -2.06. The van der Waals surface area contributed by atoms with E-state index in [1.807, 2.05) is 0 Å². The molecule has 1 aliphatic heterocycles. The third-order valence-corrected chi connectivity index (χ3v) is 9.06. The maximum Gasteiger partial charge on any atom is 0.334 e. The van der Waals surface area contributed by atoms with Gasteiger partial charge in [-0.3, -0.25) is 13.9 Å². The van der Waals surface area contributed by atoms with E-state index < -0.39 is 44.8 Å². The van der Waals surface area contributed by atoms with E-state index in [1.54, 1.807) is 13.8 Å². The number of aliphatic hydroxyl groups is 1. The van der Waals surface area contributed by atoms with Crippen molar-refractivity contribution in [3.05, 3.63) is 58.3 Å². The summed E-state index contributed by atoms with van der Waals surface area (Å²) in [6.45, 7) is 7.59. The number of carbonyl (C=O) groups excluding carboxylic acids is 1. The van der Waals surface area contributed by atoms with Gasteiger partial charge in [-0.2, -0.15) is 0 Å². The SMILES string of the molecule is CC(F)Oc1ccc(F)c(-n2c(=O)n([C@H](C)C(C)(C)O)c3cc(C(=O)CC4(C)CS(=O)(=O)C4)ccc32)c1. The Morgan fingerprint density at radius 3 is 2.38 bits per heavy atom. The van der Waals surface area contributed by atoms with Crippen LogP contribution < -0.4 is 10.4 Å². The fourth-order valence-corrected chi connectivity index (χ4v) is 7.09. The van der Waals surface area contributed by atoms with Gasteiger partial charge in [0, 0.05) is 30.4 Å². The molecule has 0 spiro atoms. The molecule has 2 heterocycles. The summed E-state index contributed by atoms with van der Waals surface area (Å²) in [4.78, 5) is 26.8. The second kappa shape index (κ2) is 9.05. The lowest BCUT2D eigenvalue weighted by Crippen LogP contribution is -2.47. The van der Waals surface area contributed by atoms with E-state index in [0.29, 0.717) is 0 Å². The standard InChI is InChI=1S/C26H30F2N2O6S/c1-15(25(3,4)33)29-22-10-17(23(31)12-26(5)13-37(34,35)14-26)6-9-20(22)30(24(29)32)21-11-18(36-16(2)27)7-8-19(21)28/h6-11,15-16,33H,12-14H2,1-5H3/t15-,16?/m1/s1. The number of ether oxygens (including phenoxy) is 1. The van der Waals surface area contributed by atoms with E-state index in [4.69, 9.17) is 4.74 Å². The van der Waals surface area contributed by atoms with Crippen LogP contribution in [0.5, 0.6) is 5.75 Å². The zero-order chi connectivity index (χ0) is 27.5. The zero-order valence-electron chi connectivity index (χ0n) is 21.3. The summed E-state index contributed by atoms with van der Waals surface area (Å²) in [7, 11) is -3.13. The molecule has 2 atom stereocenters. The quantitative estimate of drug-likeness (QED) is 0.437. The summed E-state index contributed by atoms with van der Waals surface area (Å²) in [6, 6.07) is 7.24. The number of rotatable bonds is 8. The Morgan fingerprint density at radius 2 is 1.81 bits per heavy atom. The van der Waals surface area contributed by atoms with Gasteiger partial charge in [-0.1, -0.05) is 6.92 Å². The summed E-state index contributed by atoms with van der Waals surface area (Å²) in [6.07, 6.45) is -1.65. The monoisotopic (exact) mass is 536 g/mol. The number of alkyl halides is 1. The maximum absolute atomic E-state index is 15.0. The fraction of sp³-hybridized carbons (Fsp3) is 0.462. The largest absolute Gasteiger partial charge is 0.461 e. The number of sulfone groups is 1. The molecular weight excluding hydrogens is 506 g/mol. The van der Waals surface area contributed by atoms with E-state index in [2.05, 4.69) is 0 Å². The van der Waals surface area contributed by atoms with Gasteiger partial charge in [0.2, 0.25) is 6.36 Å². The minimum absolute atomic E-state index is 0.0130. The van der Waals surface area contributed by atoms with Crippen LogP contribution in [0.25, 0.3) is 16.7 Å². The van der Waals surface area contributed by atoms with E-state index in [1.165, 1.54) is 55.7 Å². The molecule has 1 saturated heterocycles. The number of aromatic nitrogens is 2. The highest BCUT2D eigenvalue weighted by molar-refractivity contribution is 7.92. The van der Waals surface area contributed by atoms with Crippen molar-refractivity contribution in [3.8, 4) is 11.4 Å². The van der Waals surface area contributed by atoms with Crippen molar-refractivity contribution in [2.45, 2.75) is 59.0 Å². The molecule has 1 unspecified atom stereocenters. The van der Waals surface area contributed by atoms with Crippen molar-refractivity contribution in [2.24, 2.45) is 5.41 Å². The van der Waals surface area contributed by atoms with Gasteiger partial charge in [-0.15, -0.1) is 0 Å². The van der Waals surface area contributed by atoms with Crippen LogP contribution in [-0.2, 0) is 9.84 Å². The molecule has 1 fully saturated rings. The average molecular weight is 537 g/mol. The molecule has 0 amide bonds. The molecule has 0 bridgehead atoms. The van der Waals surface area contributed by atoms with Crippen LogP contribution in [0.4, 0.5) is 8.78 Å². The number of nitrogens with zero attached hydrogens (tertiary/aromatic N) is 2. The summed E-state index contributed by atoms with van der Waals surface area (Å²) in [5, 5.41) is 10.7. The molecule has 37 heavy (non-hydrogen) atoms. The number of carbonyl (C=O) groups is 1. The minimum Gasteiger partial charge on any atom is -0.461 e. The van der Waals surface area contributed by atoms with E-state index >= 15 is 0 Å². The number of hydrogen-bond donors (Lipinski definition) is 1. The molecule has 1 aliphatic rings. The van der Waals surface area contributed by atoms with E-state index in [-0.39, 0.29) is 51.7 Å². The molecule has 1 aromatic heterocycles. The molecule has 0 radical (unpaired) electrons. The van der Waals surface area contributed by atoms with Gasteiger partial charge < -0.3 is 9.84 Å². The van der Waals surface area contributed by atoms with Crippen molar-refractivity contribution in [2.75, 3.05) is 11.5 Å². The number of hydrogen-bond acceptors (Lipinski definition) is 6. The number of ketones is 1. The summed E-state index contributed by atoms with van der Waals surface area (Å²) >= 11 is 0. The molecule has 0 aliphatic carbocycles. The van der Waals surface area contributed by atoms with Gasteiger partial charge in [-0.25, -0.2) is 22.0 Å². The van der Waals surface area contributed by atoms with Crippen LogP contribution in [0.3, 0.4) is 0 Å². The highest BCUT2D eigenvalue weighted by Gasteiger charge is 2.45. The van der Waals surface area contributed by atoms with Gasteiger partial charge in [0.15, 0.2) is 15.6 Å². The Hall–Kier alpha value is -3.05. The first-order valence-corrected chi connectivity index (χ1v) is 13.7. The lowest BCUT2D eigenvalue weighted by Gasteiger charge is -2.37. The smallest absolute Gasteiger partial charge is 0.334 e. The first kappa shape index (κ1) is 27.0. The third kappa shape index (κ3) is 5.19. The summed E-state index contributed by atoms with van der Waals surface area (Å²) in [5.74, 6) is -1.17. The van der Waals surface area contributed by atoms with Crippen molar-refractivity contribution in [1.29, 1.82) is 0 Å². The molecule has 4 rings (SSSR count). The van der Waals surface area contributed by atoms with E-state index in [9.17, 15) is 31.9 Å². The average Bonchev–Trinajstić information content (AvgIpc) is 3.02. The Morgan fingerprint density at radius 1 is 1.16 bits per heavy atom. The van der Waals surface area contributed by atoms with Crippen molar-refractivity contribution >= 4 is 26.7 Å². The molecule has 3 aromatic rings. The Labute approximate surface area is 213 Å². The normalized spacial score (nSPS) is 18.3. The first-order chi connectivity index (χ1) is 17.0. The lowest BCUT2D eigenvalue weighted by molar-refractivity contribution is 0.0307. The maximum atomic E-state index is 15.0. The second-order valence-electron chi connectivity index (χ2n) is 10.7. The Bertz CT molecular complexity index is 1540. The second-order valence-corrected chi connectivity index (χ2v) is 12.8. The van der Waals surface area contributed by atoms with Crippen LogP contribution in [0.1, 0.15) is 57.4 Å². The third-order valence-electron chi connectivity index (χ3n) is 6.79. The van der Waals surface area contributed by atoms with Crippen LogP contribution in [0.15, 0.2) is 41.2 Å². The molecular formula is C26H30F2N2O6S. The van der Waals surface area contributed by atoms with Gasteiger partial charge in [0.05, 0.1) is 39.9 Å².